The molecular weight excluding hydrogens is 285 g/mol. The van der Waals surface area contributed by atoms with E-state index in [-0.39, 0.29) is 23.4 Å². The summed E-state index contributed by atoms with van der Waals surface area (Å²) in [6.07, 6.45) is 3.72. The van der Waals surface area contributed by atoms with Gasteiger partial charge >= 0.3 is 0 Å². The molecule has 1 saturated heterocycles. The van der Waals surface area contributed by atoms with Crippen LogP contribution in [-0.4, -0.2) is 43.7 Å². The first-order valence-corrected chi connectivity index (χ1v) is 7.77. The number of amides is 1. The Kier molecular flexibility index (Phi) is 4.08. The van der Waals surface area contributed by atoms with E-state index in [4.69, 9.17) is 9.47 Å². The molecule has 0 bridgehead atoms. The van der Waals surface area contributed by atoms with Gasteiger partial charge in [0.1, 0.15) is 5.60 Å². The number of rotatable bonds is 4. The number of likely N-dealkylation sites (tertiary alicyclic amines) is 1. The van der Waals surface area contributed by atoms with Gasteiger partial charge in [0.2, 0.25) is 0 Å². The molecule has 2 fully saturated rings. The molecule has 5 heteroatoms. The first-order valence-electron chi connectivity index (χ1n) is 7.77. The molecule has 22 heavy (non-hydrogen) atoms. The average Bonchev–Trinajstić information content (AvgIpc) is 2.97. The zero-order chi connectivity index (χ0) is 15.7. The Labute approximate surface area is 130 Å². The highest BCUT2D eigenvalue weighted by atomic mass is 19.1. The first kappa shape index (κ1) is 15.3. The van der Waals surface area contributed by atoms with E-state index in [0.717, 1.165) is 31.2 Å². The lowest BCUT2D eigenvalue weighted by molar-refractivity contribution is -0.159. The van der Waals surface area contributed by atoms with Gasteiger partial charge in [-0.15, -0.1) is 0 Å². The van der Waals surface area contributed by atoms with Crippen molar-refractivity contribution in [3.05, 3.63) is 29.6 Å². The van der Waals surface area contributed by atoms with E-state index in [0.29, 0.717) is 13.1 Å². The highest BCUT2D eigenvalue weighted by Crippen LogP contribution is 2.38. The predicted octanol–water partition coefficient (Wildman–Crippen LogP) is 2.72. The van der Waals surface area contributed by atoms with Crippen molar-refractivity contribution in [1.82, 2.24) is 4.90 Å². The lowest BCUT2D eigenvalue weighted by atomic mass is 9.88. The van der Waals surface area contributed by atoms with Crippen molar-refractivity contribution in [3.8, 4) is 5.75 Å². The van der Waals surface area contributed by atoms with Gasteiger partial charge in [-0.25, -0.2) is 4.39 Å². The van der Waals surface area contributed by atoms with Crippen LogP contribution in [0.3, 0.4) is 0 Å². The number of halogens is 1. The van der Waals surface area contributed by atoms with Crippen molar-refractivity contribution < 1.29 is 18.7 Å². The zero-order valence-corrected chi connectivity index (χ0v) is 13.1. The minimum atomic E-state index is -0.606. The summed E-state index contributed by atoms with van der Waals surface area (Å²) in [7, 11) is 3.09. The van der Waals surface area contributed by atoms with Crippen LogP contribution in [-0.2, 0) is 9.53 Å². The SMILES string of the molecule is COc1cc(C2CN(C(=O)C3(OC)CCCC3)C2)ccc1F. The van der Waals surface area contributed by atoms with Crippen LogP contribution in [0.2, 0.25) is 0 Å². The van der Waals surface area contributed by atoms with Crippen LogP contribution in [0.25, 0.3) is 0 Å². The quantitative estimate of drug-likeness (QED) is 0.858. The minimum absolute atomic E-state index is 0.109. The second-order valence-corrected chi connectivity index (χ2v) is 6.21. The van der Waals surface area contributed by atoms with E-state index >= 15 is 0 Å². The average molecular weight is 307 g/mol. The van der Waals surface area contributed by atoms with Gasteiger partial charge in [0, 0.05) is 26.1 Å². The maximum atomic E-state index is 13.5. The third-order valence-electron chi connectivity index (χ3n) is 5.01. The van der Waals surface area contributed by atoms with Crippen LogP contribution < -0.4 is 4.74 Å². The van der Waals surface area contributed by atoms with Gasteiger partial charge in [0.05, 0.1) is 7.11 Å². The van der Waals surface area contributed by atoms with E-state index in [2.05, 4.69) is 0 Å². The topological polar surface area (TPSA) is 38.8 Å². The monoisotopic (exact) mass is 307 g/mol. The number of hydrogen-bond donors (Lipinski definition) is 0. The summed E-state index contributed by atoms with van der Waals surface area (Å²) >= 11 is 0. The van der Waals surface area contributed by atoms with Crippen molar-refractivity contribution in [2.75, 3.05) is 27.3 Å². The van der Waals surface area contributed by atoms with E-state index in [9.17, 15) is 9.18 Å². The number of carbonyl (C=O) groups excluding carboxylic acids is 1. The molecule has 3 rings (SSSR count). The Morgan fingerprint density at radius 1 is 1.27 bits per heavy atom. The fraction of sp³-hybridized carbons (Fsp3) is 0.588. The number of hydrogen-bond acceptors (Lipinski definition) is 3. The molecule has 120 valence electrons. The summed E-state index contributed by atoms with van der Waals surface area (Å²) < 4.78 is 24.0. The van der Waals surface area contributed by atoms with Crippen LogP contribution >= 0.6 is 0 Å². The van der Waals surface area contributed by atoms with Crippen molar-refractivity contribution in [2.24, 2.45) is 0 Å². The molecule has 1 aromatic rings. The normalized spacial score (nSPS) is 20.8. The van der Waals surface area contributed by atoms with Crippen LogP contribution in [0, 0.1) is 5.82 Å². The van der Waals surface area contributed by atoms with Gasteiger partial charge in [0.25, 0.3) is 5.91 Å². The highest BCUT2D eigenvalue weighted by Gasteiger charge is 2.47. The molecule has 1 saturated carbocycles. The van der Waals surface area contributed by atoms with Gasteiger partial charge < -0.3 is 14.4 Å². The third-order valence-corrected chi connectivity index (χ3v) is 5.01. The van der Waals surface area contributed by atoms with Crippen molar-refractivity contribution >= 4 is 5.91 Å². The second kappa shape index (κ2) is 5.88. The van der Waals surface area contributed by atoms with Gasteiger partial charge in [0.15, 0.2) is 11.6 Å². The summed E-state index contributed by atoms with van der Waals surface area (Å²) in [5.74, 6) is 0.251. The molecule has 1 aliphatic heterocycles. The molecule has 1 amide bonds. The van der Waals surface area contributed by atoms with Gasteiger partial charge in [-0.1, -0.05) is 6.07 Å². The Morgan fingerprint density at radius 2 is 1.95 bits per heavy atom. The Morgan fingerprint density at radius 3 is 2.55 bits per heavy atom. The lowest BCUT2D eigenvalue weighted by Crippen LogP contribution is -2.56. The Hall–Kier alpha value is -1.62. The van der Waals surface area contributed by atoms with E-state index < -0.39 is 5.60 Å². The molecule has 0 N–H and O–H groups in total. The largest absolute Gasteiger partial charge is 0.494 e. The summed E-state index contributed by atoms with van der Waals surface area (Å²) in [4.78, 5) is 14.5. The maximum absolute atomic E-state index is 13.5. The van der Waals surface area contributed by atoms with Crippen molar-refractivity contribution in [3.63, 3.8) is 0 Å². The molecule has 0 spiro atoms. The highest BCUT2D eigenvalue weighted by molar-refractivity contribution is 5.86. The van der Waals surface area contributed by atoms with E-state index in [1.807, 2.05) is 4.90 Å². The van der Waals surface area contributed by atoms with Crippen LogP contribution in [0.15, 0.2) is 18.2 Å². The molecule has 2 aliphatic rings. The van der Waals surface area contributed by atoms with Crippen molar-refractivity contribution in [2.45, 2.75) is 37.2 Å². The van der Waals surface area contributed by atoms with E-state index in [1.165, 1.54) is 13.2 Å². The van der Waals surface area contributed by atoms with Crippen LogP contribution in [0.5, 0.6) is 5.75 Å². The number of ether oxygens (including phenoxy) is 2. The molecule has 0 aromatic heterocycles. The van der Waals surface area contributed by atoms with Crippen molar-refractivity contribution in [1.29, 1.82) is 0 Å². The van der Waals surface area contributed by atoms with Gasteiger partial charge in [-0.2, -0.15) is 0 Å². The van der Waals surface area contributed by atoms with Crippen LogP contribution in [0.1, 0.15) is 37.2 Å². The number of benzene rings is 1. The molecule has 1 aliphatic carbocycles. The standard InChI is InChI=1S/C17H22FNO3/c1-21-15-9-12(5-6-14(15)18)13-10-19(11-13)16(20)17(22-2)7-3-4-8-17/h5-6,9,13H,3-4,7-8,10-11H2,1-2H3. The smallest absolute Gasteiger partial charge is 0.254 e. The molecule has 0 radical (unpaired) electrons. The molecule has 4 nitrogen and oxygen atoms in total. The predicted molar refractivity (Wildman–Crippen MR) is 80.5 cm³/mol. The number of nitrogens with zero attached hydrogens (tertiary/aromatic N) is 1. The van der Waals surface area contributed by atoms with Gasteiger partial charge in [-0.3, -0.25) is 4.79 Å². The van der Waals surface area contributed by atoms with E-state index in [1.54, 1.807) is 19.2 Å². The Bertz CT molecular complexity index is 563. The second-order valence-electron chi connectivity index (χ2n) is 6.21. The summed E-state index contributed by atoms with van der Waals surface area (Å²) in [6, 6.07) is 4.92. The van der Waals surface area contributed by atoms with Crippen LogP contribution in [0.4, 0.5) is 4.39 Å². The molecule has 1 heterocycles. The van der Waals surface area contributed by atoms with Gasteiger partial charge in [-0.05, 0) is 43.4 Å². The summed E-state index contributed by atoms with van der Waals surface area (Å²) in [6.45, 7) is 1.33. The molecule has 0 unspecified atom stereocenters. The fourth-order valence-corrected chi connectivity index (χ4v) is 3.53. The molecule has 1 aromatic carbocycles. The summed E-state index contributed by atoms with van der Waals surface area (Å²) in [5.41, 5.74) is 0.408. The maximum Gasteiger partial charge on any atom is 0.254 e. The fourth-order valence-electron chi connectivity index (χ4n) is 3.53. The molecule has 0 atom stereocenters. The zero-order valence-electron chi connectivity index (χ0n) is 13.1. The summed E-state index contributed by atoms with van der Waals surface area (Å²) in [5, 5.41) is 0. The minimum Gasteiger partial charge on any atom is -0.494 e. The third kappa shape index (κ3) is 2.47. The number of carbonyl (C=O) groups is 1. The Balaban J connectivity index is 1.65. The number of methoxy groups -OCH3 is 2. The lowest BCUT2D eigenvalue weighted by Gasteiger charge is -2.43. The first-order chi connectivity index (χ1) is 10.6. The molecular formula is C17H22FNO3.